The van der Waals surface area contributed by atoms with Gasteiger partial charge in [-0.05, 0) is 56.5 Å². The molecule has 5 nitrogen and oxygen atoms in total. The molecule has 2 aromatic rings. The van der Waals surface area contributed by atoms with Gasteiger partial charge in [0.1, 0.15) is 0 Å². The van der Waals surface area contributed by atoms with Gasteiger partial charge in [0, 0.05) is 22.9 Å². The van der Waals surface area contributed by atoms with Crippen LogP contribution in [-0.4, -0.2) is 21.6 Å². The van der Waals surface area contributed by atoms with Crippen LogP contribution in [0.5, 0.6) is 0 Å². The minimum absolute atomic E-state index is 0.0423. The van der Waals surface area contributed by atoms with Crippen molar-refractivity contribution in [2.24, 2.45) is 5.92 Å². The molecule has 0 unspecified atom stereocenters. The fourth-order valence-electron chi connectivity index (χ4n) is 2.89. The molecule has 0 fully saturated rings. The van der Waals surface area contributed by atoms with E-state index in [1.165, 1.54) is 23.1 Å². The van der Waals surface area contributed by atoms with Crippen LogP contribution in [0.3, 0.4) is 0 Å². The van der Waals surface area contributed by atoms with E-state index in [0.717, 1.165) is 24.2 Å². The number of rotatable bonds is 7. The van der Waals surface area contributed by atoms with Gasteiger partial charge in [-0.25, -0.2) is 4.68 Å². The van der Waals surface area contributed by atoms with Gasteiger partial charge in [0.25, 0.3) is 5.91 Å². The van der Waals surface area contributed by atoms with Gasteiger partial charge in [0.2, 0.25) is 5.91 Å². The fourth-order valence-corrected chi connectivity index (χ4v) is 2.89. The van der Waals surface area contributed by atoms with Gasteiger partial charge < -0.3 is 5.32 Å². The molecule has 0 saturated carbocycles. The predicted octanol–water partition coefficient (Wildman–Crippen LogP) is 4.52. The van der Waals surface area contributed by atoms with Gasteiger partial charge in [-0.15, -0.1) is 0 Å². The number of hydrogen-bond donors (Lipinski definition) is 1. The van der Waals surface area contributed by atoms with Crippen molar-refractivity contribution in [3.8, 4) is 0 Å². The topological polar surface area (TPSA) is 64.0 Å². The van der Waals surface area contributed by atoms with Crippen LogP contribution in [-0.2, 0) is 11.2 Å². The summed E-state index contributed by atoms with van der Waals surface area (Å²) in [5, 5.41) is 7.28. The maximum absolute atomic E-state index is 12.8. The van der Waals surface area contributed by atoms with Crippen LogP contribution in [0.25, 0.3) is 0 Å². The highest BCUT2D eigenvalue weighted by atomic mass is 16.2. The SMILES string of the molecule is CCCCCc1c(C)nn(C(=O)c2ccc(NC(=O)C(C)C)cc2)c1C. The number of amides is 1. The number of carbonyl (C=O) groups is 2. The van der Waals surface area contributed by atoms with E-state index in [9.17, 15) is 9.59 Å². The van der Waals surface area contributed by atoms with Crippen molar-refractivity contribution in [3.63, 3.8) is 0 Å². The lowest BCUT2D eigenvalue weighted by Crippen LogP contribution is -2.18. The maximum Gasteiger partial charge on any atom is 0.278 e. The first-order valence-electron chi connectivity index (χ1n) is 9.35. The van der Waals surface area contributed by atoms with Gasteiger partial charge >= 0.3 is 0 Å². The minimum Gasteiger partial charge on any atom is -0.326 e. The largest absolute Gasteiger partial charge is 0.326 e. The number of benzene rings is 1. The number of unbranched alkanes of at least 4 members (excludes halogenated alkanes) is 2. The van der Waals surface area contributed by atoms with Crippen LogP contribution in [0.15, 0.2) is 24.3 Å². The molecule has 0 radical (unpaired) electrons. The van der Waals surface area contributed by atoms with Crippen molar-refractivity contribution in [2.45, 2.75) is 60.3 Å². The maximum atomic E-state index is 12.8. The summed E-state index contributed by atoms with van der Waals surface area (Å²) in [6.07, 6.45) is 4.42. The Hall–Kier alpha value is -2.43. The molecule has 5 heteroatoms. The average molecular weight is 355 g/mol. The molecular weight excluding hydrogens is 326 g/mol. The first kappa shape index (κ1) is 19.9. The Kier molecular flexibility index (Phi) is 6.72. The summed E-state index contributed by atoms with van der Waals surface area (Å²) in [6.45, 7) is 9.78. The second-order valence-electron chi connectivity index (χ2n) is 7.04. The van der Waals surface area contributed by atoms with E-state index in [1.54, 1.807) is 24.3 Å². The van der Waals surface area contributed by atoms with E-state index in [4.69, 9.17) is 0 Å². The fraction of sp³-hybridized carbons (Fsp3) is 0.476. The third kappa shape index (κ3) is 4.59. The number of carbonyl (C=O) groups excluding carboxylic acids is 2. The van der Waals surface area contributed by atoms with E-state index >= 15 is 0 Å². The molecular formula is C21H29N3O2. The summed E-state index contributed by atoms with van der Waals surface area (Å²) in [4.78, 5) is 24.6. The van der Waals surface area contributed by atoms with Crippen molar-refractivity contribution >= 4 is 17.5 Å². The number of aromatic nitrogens is 2. The Balaban J connectivity index is 2.16. The van der Waals surface area contributed by atoms with Crippen LogP contribution in [0, 0.1) is 19.8 Å². The molecule has 26 heavy (non-hydrogen) atoms. The highest BCUT2D eigenvalue weighted by molar-refractivity contribution is 5.97. The van der Waals surface area contributed by atoms with Gasteiger partial charge in [-0.3, -0.25) is 9.59 Å². The molecule has 0 atom stereocenters. The average Bonchev–Trinajstić information content (AvgIpc) is 2.90. The van der Waals surface area contributed by atoms with Crippen LogP contribution in [0.4, 0.5) is 5.69 Å². The third-order valence-corrected chi connectivity index (χ3v) is 4.59. The van der Waals surface area contributed by atoms with E-state index in [-0.39, 0.29) is 17.7 Å². The molecule has 0 bridgehead atoms. The van der Waals surface area contributed by atoms with Gasteiger partial charge in [-0.2, -0.15) is 5.10 Å². The molecule has 0 aliphatic rings. The van der Waals surface area contributed by atoms with E-state index < -0.39 is 0 Å². The highest BCUT2D eigenvalue weighted by Crippen LogP contribution is 2.19. The van der Waals surface area contributed by atoms with Crippen molar-refractivity contribution in [2.75, 3.05) is 5.32 Å². The molecule has 140 valence electrons. The zero-order valence-corrected chi connectivity index (χ0v) is 16.4. The molecule has 1 aromatic carbocycles. The van der Waals surface area contributed by atoms with E-state index in [2.05, 4.69) is 17.3 Å². The van der Waals surface area contributed by atoms with Crippen molar-refractivity contribution < 1.29 is 9.59 Å². The van der Waals surface area contributed by atoms with E-state index in [1.807, 2.05) is 27.7 Å². The lowest BCUT2D eigenvalue weighted by molar-refractivity contribution is -0.118. The van der Waals surface area contributed by atoms with Crippen molar-refractivity contribution in [1.29, 1.82) is 0 Å². The second kappa shape index (κ2) is 8.79. The van der Waals surface area contributed by atoms with Gasteiger partial charge in [0.05, 0.1) is 5.69 Å². The Morgan fingerprint density at radius 3 is 2.35 bits per heavy atom. The normalized spacial score (nSPS) is 11.0. The predicted molar refractivity (Wildman–Crippen MR) is 105 cm³/mol. The zero-order chi connectivity index (χ0) is 19.3. The first-order valence-corrected chi connectivity index (χ1v) is 9.35. The van der Waals surface area contributed by atoms with Crippen LogP contribution in [0.2, 0.25) is 0 Å². The Morgan fingerprint density at radius 1 is 1.12 bits per heavy atom. The van der Waals surface area contributed by atoms with Crippen molar-refractivity contribution in [3.05, 3.63) is 46.8 Å². The molecule has 0 saturated heterocycles. The standard InChI is InChI=1S/C21H29N3O2/c1-6-7-8-9-19-15(4)23-24(16(19)5)21(26)17-10-12-18(13-11-17)22-20(25)14(2)3/h10-14H,6-9H2,1-5H3,(H,22,25). The summed E-state index contributed by atoms with van der Waals surface area (Å²) in [6, 6.07) is 6.96. The number of nitrogens with zero attached hydrogens (tertiary/aromatic N) is 2. The minimum atomic E-state index is -0.144. The molecule has 0 aliphatic heterocycles. The van der Waals surface area contributed by atoms with Crippen LogP contribution >= 0.6 is 0 Å². The first-order chi connectivity index (χ1) is 12.3. The molecule has 1 heterocycles. The zero-order valence-electron chi connectivity index (χ0n) is 16.4. The quantitative estimate of drug-likeness (QED) is 0.743. The summed E-state index contributed by atoms with van der Waals surface area (Å²) in [5.74, 6) is -0.273. The highest BCUT2D eigenvalue weighted by Gasteiger charge is 2.18. The Labute approximate surface area is 155 Å². The summed E-state index contributed by atoms with van der Waals surface area (Å²) >= 11 is 0. The summed E-state index contributed by atoms with van der Waals surface area (Å²) in [7, 11) is 0. The van der Waals surface area contributed by atoms with Gasteiger partial charge in [0.15, 0.2) is 0 Å². The Morgan fingerprint density at radius 2 is 1.77 bits per heavy atom. The summed E-state index contributed by atoms with van der Waals surface area (Å²) in [5.41, 5.74) is 4.26. The second-order valence-corrected chi connectivity index (χ2v) is 7.04. The number of hydrogen-bond acceptors (Lipinski definition) is 3. The molecule has 1 amide bonds. The molecule has 2 rings (SSSR count). The lowest BCUT2D eigenvalue weighted by atomic mass is 10.1. The summed E-state index contributed by atoms with van der Waals surface area (Å²) < 4.78 is 1.50. The number of nitrogens with one attached hydrogen (secondary N) is 1. The third-order valence-electron chi connectivity index (χ3n) is 4.59. The van der Waals surface area contributed by atoms with Crippen LogP contribution in [0.1, 0.15) is 67.3 Å². The Bertz CT molecular complexity index is 773. The lowest BCUT2D eigenvalue weighted by Gasteiger charge is -2.09. The monoisotopic (exact) mass is 355 g/mol. The smallest absolute Gasteiger partial charge is 0.278 e. The van der Waals surface area contributed by atoms with Gasteiger partial charge in [-0.1, -0.05) is 33.6 Å². The van der Waals surface area contributed by atoms with Crippen molar-refractivity contribution in [1.82, 2.24) is 9.78 Å². The molecule has 1 N–H and O–H groups in total. The molecule has 0 aliphatic carbocycles. The van der Waals surface area contributed by atoms with E-state index in [0.29, 0.717) is 11.3 Å². The number of anilines is 1. The molecule has 1 aromatic heterocycles. The molecule has 0 spiro atoms. The van der Waals surface area contributed by atoms with Crippen LogP contribution < -0.4 is 5.32 Å². The number of aryl methyl sites for hydroxylation is 1.